The second kappa shape index (κ2) is 4.49. The number of hydrogen-bond donors (Lipinski definition) is 0. The lowest BCUT2D eigenvalue weighted by atomic mass is 10.2. The van der Waals surface area contributed by atoms with Gasteiger partial charge in [-0.05, 0) is 20.4 Å². The Kier molecular flexibility index (Phi) is 3.19. The van der Waals surface area contributed by atoms with Gasteiger partial charge in [0.2, 0.25) is 0 Å². The average molecular weight is 236 g/mol. The van der Waals surface area contributed by atoms with Gasteiger partial charge < -0.3 is 9.80 Å². The summed E-state index contributed by atoms with van der Waals surface area (Å²) in [6.07, 6.45) is 1.08. The molecule has 0 N–H and O–H groups in total. The number of rotatable bonds is 1. The van der Waals surface area contributed by atoms with Gasteiger partial charge in [-0.2, -0.15) is 5.10 Å². The first kappa shape index (κ1) is 12.1. The van der Waals surface area contributed by atoms with Crippen LogP contribution in [-0.4, -0.2) is 53.2 Å². The Hall–Kier alpha value is -1.36. The van der Waals surface area contributed by atoms with Crippen molar-refractivity contribution in [2.45, 2.75) is 26.4 Å². The lowest BCUT2D eigenvalue weighted by Crippen LogP contribution is -2.23. The van der Waals surface area contributed by atoms with Gasteiger partial charge in [-0.1, -0.05) is 0 Å². The van der Waals surface area contributed by atoms with Gasteiger partial charge in [0.05, 0.1) is 5.69 Å². The summed E-state index contributed by atoms with van der Waals surface area (Å²) in [5, 5.41) is 4.46. The smallest absolute Gasteiger partial charge is 0.274 e. The Morgan fingerprint density at radius 2 is 2.06 bits per heavy atom. The zero-order chi connectivity index (χ0) is 12.6. The molecule has 0 aliphatic carbocycles. The highest BCUT2D eigenvalue weighted by molar-refractivity contribution is 5.93. The van der Waals surface area contributed by atoms with Crippen LogP contribution in [0, 0.1) is 6.92 Å². The van der Waals surface area contributed by atoms with Crippen LogP contribution < -0.4 is 0 Å². The first-order chi connectivity index (χ1) is 8.00. The van der Waals surface area contributed by atoms with Gasteiger partial charge in [0, 0.05) is 39.3 Å². The largest absolute Gasteiger partial charge is 0.343 e. The van der Waals surface area contributed by atoms with Gasteiger partial charge >= 0.3 is 0 Å². The minimum Gasteiger partial charge on any atom is -0.343 e. The van der Waals surface area contributed by atoms with Crippen molar-refractivity contribution in [2.75, 3.05) is 27.7 Å². The van der Waals surface area contributed by atoms with E-state index >= 15 is 0 Å². The van der Waals surface area contributed by atoms with Crippen LogP contribution in [0.2, 0.25) is 0 Å². The van der Waals surface area contributed by atoms with E-state index in [1.807, 2.05) is 11.6 Å². The number of hydrogen-bond acceptors (Lipinski definition) is 3. The molecule has 2 heterocycles. The first-order valence-corrected chi connectivity index (χ1v) is 5.97. The number of aryl methyl sites for hydroxylation is 1. The predicted molar refractivity (Wildman–Crippen MR) is 65.9 cm³/mol. The molecule has 94 valence electrons. The predicted octanol–water partition coefficient (Wildman–Crippen LogP) is 0.729. The molecule has 2 rings (SSSR count). The summed E-state index contributed by atoms with van der Waals surface area (Å²) in [6, 6.07) is 0. The fourth-order valence-corrected chi connectivity index (χ4v) is 2.21. The van der Waals surface area contributed by atoms with Crippen molar-refractivity contribution in [3.05, 3.63) is 17.0 Å². The Labute approximate surface area is 102 Å². The molecule has 0 atom stereocenters. The summed E-state index contributed by atoms with van der Waals surface area (Å²) in [5.41, 5.74) is 2.80. The van der Waals surface area contributed by atoms with Gasteiger partial charge in [-0.15, -0.1) is 0 Å². The molecule has 17 heavy (non-hydrogen) atoms. The summed E-state index contributed by atoms with van der Waals surface area (Å²) < 4.78 is 2.00. The molecule has 0 saturated heterocycles. The minimum absolute atomic E-state index is 0.00859. The molecule has 1 aromatic rings. The molecule has 0 fully saturated rings. The molecule has 0 radical (unpaired) electrons. The third-order valence-electron chi connectivity index (χ3n) is 3.26. The van der Waals surface area contributed by atoms with E-state index in [9.17, 15) is 4.79 Å². The topological polar surface area (TPSA) is 41.4 Å². The molecule has 0 aromatic carbocycles. The van der Waals surface area contributed by atoms with Gasteiger partial charge in [0.15, 0.2) is 5.69 Å². The molecule has 5 heteroatoms. The maximum atomic E-state index is 12.0. The van der Waals surface area contributed by atoms with Gasteiger partial charge in [-0.3, -0.25) is 9.48 Å². The fourth-order valence-electron chi connectivity index (χ4n) is 2.21. The van der Waals surface area contributed by atoms with Crippen molar-refractivity contribution in [2.24, 2.45) is 0 Å². The van der Waals surface area contributed by atoms with E-state index in [1.54, 1.807) is 19.0 Å². The molecule has 1 aliphatic heterocycles. The number of amides is 1. The van der Waals surface area contributed by atoms with E-state index in [2.05, 4.69) is 17.0 Å². The Bertz CT molecular complexity index is 436. The van der Waals surface area contributed by atoms with Crippen molar-refractivity contribution >= 4 is 5.91 Å². The second-order valence-electron chi connectivity index (χ2n) is 4.93. The fraction of sp³-hybridized carbons (Fsp3) is 0.667. The summed E-state index contributed by atoms with van der Waals surface area (Å²) >= 11 is 0. The third kappa shape index (κ3) is 2.20. The number of aromatic nitrogens is 2. The molecule has 0 spiro atoms. The van der Waals surface area contributed by atoms with Crippen LogP contribution in [0.1, 0.15) is 28.2 Å². The molecule has 1 amide bonds. The van der Waals surface area contributed by atoms with Crippen LogP contribution in [0.3, 0.4) is 0 Å². The Morgan fingerprint density at radius 1 is 1.35 bits per heavy atom. The van der Waals surface area contributed by atoms with E-state index in [-0.39, 0.29) is 5.91 Å². The van der Waals surface area contributed by atoms with Crippen molar-refractivity contribution in [3.8, 4) is 0 Å². The summed E-state index contributed by atoms with van der Waals surface area (Å²) in [5.74, 6) is -0.00859. The van der Waals surface area contributed by atoms with Crippen molar-refractivity contribution in [3.63, 3.8) is 0 Å². The Balaban J connectivity index is 2.39. The van der Waals surface area contributed by atoms with Crippen LogP contribution in [0.25, 0.3) is 0 Å². The maximum Gasteiger partial charge on any atom is 0.274 e. The summed E-state index contributed by atoms with van der Waals surface area (Å²) in [4.78, 5) is 15.8. The Morgan fingerprint density at radius 3 is 2.71 bits per heavy atom. The number of nitrogens with zero attached hydrogens (tertiary/aromatic N) is 4. The highest BCUT2D eigenvalue weighted by Gasteiger charge is 2.23. The van der Waals surface area contributed by atoms with Crippen molar-refractivity contribution in [1.29, 1.82) is 0 Å². The molecule has 0 unspecified atom stereocenters. The average Bonchev–Trinajstić information content (AvgIpc) is 2.47. The first-order valence-electron chi connectivity index (χ1n) is 5.97. The molecule has 1 aromatic heterocycles. The lowest BCUT2D eigenvalue weighted by molar-refractivity contribution is 0.0820. The van der Waals surface area contributed by atoms with E-state index in [1.165, 1.54) is 5.69 Å². The monoisotopic (exact) mass is 236 g/mol. The molecule has 0 bridgehead atoms. The minimum atomic E-state index is -0.00859. The van der Waals surface area contributed by atoms with E-state index in [0.29, 0.717) is 5.69 Å². The van der Waals surface area contributed by atoms with Crippen molar-refractivity contribution in [1.82, 2.24) is 19.6 Å². The summed E-state index contributed by atoms with van der Waals surface area (Å²) in [7, 11) is 5.63. The maximum absolute atomic E-state index is 12.0. The zero-order valence-corrected chi connectivity index (χ0v) is 11.0. The molecule has 1 aliphatic rings. The second-order valence-corrected chi connectivity index (χ2v) is 4.93. The number of carbonyl (C=O) groups is 1. The number of fused-ring (bicyclic) bond motifs is 1. The van der Waals surface area contributed by atoms with Crippen LogP contribution in [0.4, 0.5) is 0 Å². The number of carbonyl (C=O) groups excluding carboxylic acids is 1. The van der Waals surface area contributed by atoms with E-state index in [0.717, 1.165) is 31.6 Å². The third-order valence-corrected chi connectivity index (χ3v) is 3.26. The highest BCUT2D eigenvalue weighted by atomic mass is 16.2. The van der Waals surface area contributed by atoms with Gasteiger partial charge in [0.25, 0.3) is 5.91 Å². The van der Waals surface area contributed by atoms with E-state index in [4.69, 9.17) is 0 Å². The normalized spacial score (nSPS) is 16.5. The van der Waals surface area contributed by atoms with E-state index < -0.39 is 0 Å². The zero-order valence-electron chi connectivity index (χ0n) is 11.0. The van der Waals surface area contributed by atoms with Crippen LogP contribution in [0.15, 0.2) is 0 Å². The SMILES string of the molecule is Cc1c(C(=O)N(C)C)nn2c1CN(C)CCC2. The molecule has 0 saturated carbocycles. The van der Waals surface area contributed by atoms with Gasteiger partial charge in [-0.25, -0.2) is 0 Å². The van der Waals surface area contributed by atoms with Crippen LogP contribution in [0.5, 0.6) is 0 Å². The van der Waals surface area contributed by atoms with Crippen LogP contribution in [-0.2, 0) is 13.1 Å². The van der Waals surface area contributed by atoms with Gasteiger partial charge in [0.1, 0.15) is 0 Å². The molecular weight excluding hydrogens is 216 g/mol. The summed E-state index contributed by atoms with van der Waals surface area (Å²) in [6.45, 7) is 4.86. The van der Waals surface area contributed by atoms with Crippen LogP contribution >= 0.6 is 0 Å². The quantitative estimate of drug-likeness (QED) is 0.722. The standard InChI is InChI=1S/C12H20N4O/c1-9-10-8-15(4)6-5-7-16(10)13-11(9)12(17)14(2)3/h5-8H2,1-4H3. The highest BCUT2D eigenvalue weighted by Crippen LogP contribution is 2.19. The molecule has 5 nitrogen and oxygen atoms in total. The molecular formula is C12H20N4O. The van der Waals surface area contributed by atoms with Crippen molar-refractivity contribution < 1.29 is 4.79 Å². The lowest BCUT2D eigenvalue weighted by Gasteiger charge is -2.12.